The molecule has 0 atom stereocenters. The van der Waals surface area contributed by atoms with E-state index >= 15 is 0 Å². The molecular weight excluding hydrogens is 280 g/mol. The Morgan fingerprint density at radius 2 is 1.62 bits per heavy atom. The first-order valence-electron chi connectivity index (χ1n) is 6.96. The highest BCUT2D eigenvalue weighted by Crippen LogP contribution is 2.14. The smallest absolute Gasteiger partial charge is 0.181 e. The minimum Gasteiger partial charge on any atom is -0.223 e. The van der Waals surface area contributed by atoms with Gasteiger partial charge in [0, 0.05) is 0 Å². The van der Waals surface area contributed by atoms with Crippen LogP contribution < -0.4 is 0 Å². The van der Waals surface area contributed by atoms with Crippen LogP contribution in [0.1, 0.15) is 18.1 Å². The summed E-state index contributed by atoms with van der Waals surface area (Å²) in [4.78, 5) is 0.386. The van der Waals surface area contributed by atoms with Crippen LogP contribution in [0.3, 0.4) is 0 Å². The summed E-state index contributed by atoms with van der Waals surface area (Å²) in [5, 5.41) is 0. The lowest BCUT2D eigenvalue weighted by molar-refractivity contribution is 0.599. The Hall–Kier alpha value is -1.87. The molecule has 2 aromatic rings. The highest BCUT2D eigenvalue weighted by atomic mass is 32.2. The average molecular weight is 300 g/mol. The van der Waals surface area contributed by atoms with E-state index in [0.717, 1.165) is 17.6 Å². The summed E-state index contributed by atoms with van der Waals surface area (Å²) in [6, 6.07) is 17.1. The molecule has 0 saturated heterocycles. The molecule has 0 radical (unpaired) electrons. The van der Waals surface area contributed by atoms with Crippen LogP contribution in [0.4, 0.5) is 0 Å². The average Bonchev–Trinajstić information content (AvgIpc) is 2.47. The zero-order chi connectivity index (χ0) is 15.3. The quantitative estimate of drug-likeness (QED) is 0.783. The van der Waals surface area contributed by atoms with Crippen molar-refractivity contribution in [3.05, 3.63) is 77.4 Å². The molecule has 0 aliphatic heterocycles. The summed E-state index contributed by atoms with van der Waals surface area (Å²) in [6.07, 6.45) is 2.59. The van der Waals surface area contributed by atoms with E-state index in [0.29, 0.717) is 4.90 Å². The van der Waals surface area contributed by atoms with E-state index in [1.807, 2.05) is 62.4 Å². The molecule has 0 aliphatic rings. The predicted octanol–water partition coefficient (Wildman–Crippen LogP) is 3.96. The molecule has 0 saturated carbocycles. The third-order valence-electron chi connectivity index (χ3n) is 3.36. The van der Waals surface area contributed by atoms with Gasteiger partial charge < -0.3 is 0 Å². The molecule has 0 N–H and O–H groups in total. The molecule has 0 bridgehead atoms. The SMILES string of the molecule is C/C(=C\CS(=O)(=O)c1ccc(C)cc1)Cc1ccccc1. The van der Waals surface area contributed by atoms with Crippen molar-refractivity contribution in [2.75, 3.05) is 5.75 Å². The zero-order valence-corrected chi connectivity index (χ0v) is 13.2. The molecule has 0 spiro atoms. The van der Waals surface area contributed by atoms with Crippen molar-refractivity contribution >= 4 is 9.84 Å². The van der Waals surface area contributed by atoms with Crippen LogP contribution in [0.5, 0.6) is 0 Å². The fourth-order valence-corrected chi connectivity index (χ4v) is 3.33. The maximum absolute atomic E-state index is 12.3. The van der Waals surface area contributed by atoms with Crippen LogP contribution in [-0.2, 0) is 16.3 Å². The Kier molecular flexibility index (Phi) is 4.97. The van der Waals surface area contributed by atoms with Gasteiger partial charge in [-0.1, -0.05) is 59.7 Å². The van der Waals surface area contributed by atoms with Crippen molar-refractivity contribution in [3.8, 4) is 0 Å². The minimum absolute atomic E-state index is 0.0503. The molecule has 21 heavy (non-hydrogen) atoms. The summed E-state index contributed by atoms with van der Waals surface area (Å²) in [5.74, 6) is 0.0503. The van der Waals surface area contributed by atoms with Crippen LogP contribution in [0.2, 0.25) is 0 Å². The number of aryl methyl sites for hydroxylation is 1. The summed E-state index contributed by atoms with van der Waals surface area (Å²) in [7, 11) is -3.24. The number of allylic oxidation sites excluding steroid dienone is 1. The molecular formula is C18H20O2S. The zero-order valence-electron chi connectivity index (χ0n) is 12.4. The standard InChI is InChI=1S/C18H20O2S/c1-15-8-10-18(11-9-15)21(19,20)13-12-16(2)14-17-6-4-3-5-7-17/h3-12H,13-14H2,1-2H3/b16-12+. The van der Waals surface area contributed by atoms with E-state index in [9.17, 15) is 8.42 Å². The molecule has 2 rings (SSSR count). The van der Waals surface area contributed by atoms with E-state index in [1.165, 1.54) is 5.56 Å². The van der Waals surface area contributed by atoms with Gasteiger partial charge in [0.2, 0.25) is 0 Å². The van der Waals surface area contributed by atoms with Crippen LogP contribution in [0.15, 0.2) is 71.1 Å². The van der Waals surface area contributed by atoms with E-state index in [2.05, 4.69) is 0 Å². The Morgan fingerprint density at radius 3 is 2.24 bits per heavy atom. The van der Waals surface area contributed by atoms with Gasteiger partial charge in [-0.25, -0.2) is 8.42 Å². The lowest BCUT2D eigenvalue weighted by Crippen LogP contribution is -2.05. The lowest BCUT2D eigenvalue weighted by Gasteiger charge is -2.04. The largest absolute Gasteiger partial charge is 0.223 e. The third kappa shape index (κ3) is 4.57. The van der Waals surface area contributed by atoms with E-state index in [1.54, 1.807) is 12.1 Å². The van der Waals surface area contributed by atoms with Crippen molar-refractivity contribution in [1.82, 2.24) is 0 Å². The van der Waals surface area contributed by atoms with Gasteiger partial charge in [-0.3, -0.25) is 0 Å². The van der Waals surface area contributed by atoms with Crippen LogP contribution in [-0.4, -0.2) is 14.2 Å². The maximum Gasteiger partial charge on any atom is 0.181 e. The lowest BCUT2D eigenvalue weighted by atomic mass is 10.1. The van der Waals surface area contributed by atoms with Crippen LogP contribution in [0.25, 0.3) is 0 Å². The van der Waals surface area contributed by atoms with Crippen molar-refractivity contribution in [1.29, 1.82) is 0 Å². The molecule has 0 fully saturated rings. The van der Waals surface area contributed by atoms with Gasteiger partial charge in [0.05, 0.1) is 10.6 Å². The monoisotopic (exact) mass is 300 g/mol. The summed E-state index contributed by atoms with van der Waals surface area (Å²) < 4.78 is 24.5. The van der Waals surface area contributed by atoms with E-state index < -0.39 is 9.84 Å². The number of sulfone groups is 1. The van der Waals surface area contributed by atoms with Gasteiger partial charge in [-0.2, -0.15) is 0 Å². The Balaban J connectivity index is 2.06. The van der Waals surface area contributed by atoms with Gasteiger partial charge in [0.25, 0.3) is 0 Å². The molecule has 0 aromatic heterocycles. The Labute approximate surface area is 127 Å². The molecule has 0 heterocycles. The van der Waals surface area contributed by atoms with Crippen molar-refractivity contribution in [2.24, 2.45) is 0 Å². The van der Waals surface area contributed by atoms with Gasteiger partial charge in [-0.05, 0) is 38.0 Å². The highest BCUT2D eigenvalue weighted by Gasteiger charge is 2.12. The van der Waals surface area contributed by atoms with Crippen molar-refractivity contribution in [2.45, 2.75) is 25.2 Å². The highest BCUT2D eigenvalue weighted by molar-refractivity contribution is 7.91. The van der Waals surface area contributed by atoms with Gasteiger partial charge >= 0.3 is 0 Å². The fraction of sp³-hybridized carbons (Fsp3) is 0.222. The van der Waals surface area contributed by atoms with Crippen LogP contribution >= 0.6 is 0 Å². The second kappa shape index (κ2) is 6.72. The predicted molar refractivity (Wildman–Crippen MR) is 87.1 cm³/mol. The molecule has 110 valence electrons. The molecule has 2 aromatic carbocycles. The topological polar surface area (TPSA) is 34.1 Å². The Bertz CT molecular complexity index is 712. The summed E-state index contributed by atoms with van der Waals surface area (Å²) >= 11 is 0. The second-order valence-corrected chi connectivity index (χ2v) is 7.34. The fourth-order valence-electron chi connectivity index (χ4n) is 2.08. The normalized spacial score (nSPS) is 12.4. The first-order valence-corrected chi connectivity index (χ1v) is 8.61. The van der Waals surface area contributed by atoms with Gasteiger partial charge in [0.15, 0.2) is 9.84 Å². The van der Waals surface area contributed by atoms with Crippen LogP contribution in [0, 0.1) is 6.92 Å². The summed E-state index contributed by atoms with van der Waals surface area (Å²) in [5.41, 5.74) is 3.32. The Morgan fingerprint density at radius 1 is 1.00 bits per heavy atom. The van der Waals surface area contributed by atoms with Gasteiger partial charge in [-0.15, -0.1) is 0 Å². The summed E-state index contributed by atoms with van der Waals surface area (Å²) in [6.45, 7) is 3.91. The number of benzene rings is 2. The first kappa shape index (κ1) is 15.5. The molecule has 0 aliphatic carbocycles. The van der Waals surface area contributed by atoms with Gasteiger partial charge in [0.1, 0.15) is 0 Å². The molecule has 2 nitrogen and oxygen atoms in total. The molecule has 0 amide bonds. The molecule has 0 unspecified atom stereocenters. The molecule has 3 heteroatoms. The van der Waals surface area contributed by atoms with Crippen molar-refractivity contribution < 1.29 is 8.42 Å². The number of hydrogen-bond donors (Lipinski definition) is 0. The number of rotatable bonds is 5. The first-order chi connectivity index (χ1) is 9.97. The minimum atomic E-state index is -3.24. The van der Waals surface area contributed by atoms with E-state index in [-0.39, 0.29) is 5.75 Å². The van der Waals surface area contributed by atoms with Crippen molar-refractivity contribution in [3.63, 3.8) is 0 Å². The second-order valence-electron chi connectivity index (χ2n) is 5.31. The third-order valence-corrected chi connectivity index (χ3v) is 4.95. The van der Waals surface area contributed by atoms with E-state index in [4.69, 9.17) is 0 Å². The number of hydrogen-bond acceptors (Lipinski definition) is 2. The maximum atomic E-state index is 12.3.